The lowest BCUT2D eigenvalue weighted by atomic mass is 10.0. The fraction of sp³-hybridized carbons (Fsp3) is 0.385. The standard InChI is InChI=1S/C13H17NO3/c1-8(2)10-5-4-9(3)11(6-10)14-12(15)7-13(16)17/h4-6,8H,7H2,1-3H3,(H,14,15)(H,16,17). The SMILES string of the molecule is Cc1ccc(C(C)C)cc1NC(=O)CC(=O)O. The molecule has 0 saturated heterocycles. The number of rotatable bonds is 4. The zero-order valence-corrected chi connectivity index (χ0v) is 10.3. The summed E-state index contributed by atoms with van der Waals surface area (Å²) in [7, 11) is 0. The molecule has 2 N–H and O–H groups in total. The van der Waals surface area contributed by atoms with Gasteiger partial charge in [-0.05, 0) is 30.0 Å². The van der Waals surface area contributed by atoms with Crippen LogP contribution >= 0.6 is 0 Å². The number of hydrogen-bond donors (Lipinski definition) is 2. The normalized spacial score (nSPS) is 10.4. The molecule has 0 saturated carbocycles. The highest BCUT2D eigenvalue weighted by atomic mass is 16.4. The number of carboxylic acids is 1. The molecule has 1 rings (SSSR count). The fourth-order valence-corrected chi connectivity index (χ4v) is 1.47. The lowest BCUT2D eigenvalue weighted by molar-refractivity contribution is -0.139. The van der Waals surface area contributed by atoms with Crippen molar-refractivity contribution in [2.75, 3.05) is 5.32 Å². The first-order valence-corrected chi connectivity index (χ1v) is 5.52. The van der Waals surface area contributed by atoms with Gasteiger partial charge in [0.05, 0.1) is 0 Å². The highest BCUT2D eigenvalue weighted by molar-refractivity contribution is 6.01. The van der Waals surface area contributed by atoms with Crippen molar-refractivity contribution in [3.63, 3.8) is 0 Å². The molecule has 0 bridgehead atoms. The van der Waals surface area contributed by atoms with E-state index in [2.05, 4.69) is 19.2 Å². The molecule has 0 aliphatic heterocycles. The maximum absolute atomic E-state index is 11.4. The quantitative estimate of drug-likeness (QED) is 0.788. The summed E-state index contributed by atoms with van der Waals surface area (Å²) < 4.78 is 0. The highest BCUT2D eigenvalue weighted by Gasteiger charge is 2.10. The summed E-state index contributed by atoms with van der Waals surface area (Å²) in [4.78, 5) is 21.8. The largest absolute Gasteiger partial charge is 0.481 e. The number of benzene rings is 1. The van der Waals surface area contributed by atoms with Crippen molar-refractivity contribution < 1.29 is 14.7 Å². The predicted molar refractivity (Wildman–Crippen MR) is 66.2 cm³/mol. The number of nitrogens with one attached hydrogen (secondary N) is 1. The Bertz CT molecular complexity index is 438. The third kappa shape index (κ3) is 3.90. The number of aryl methyl sites for hydroxylation is 1. The molecular formula is C13H17NO3. The van der Waals surface area contributed by atoms with Gasteiger partial charge >= 0.3 is 5.97 Å². The first kappa shape index (κ1) is 13.2. The second-order valence-electron chi connectivity index (χ2n) is 4.35. The van der Waals surface area contributed by atoms with Gasteiger partial charge in [-0.25, -0.2) is 0 Å². The summed E-state index contributed by atoms with van der Waals surface area (Å²) in [5, 5.41) is 11.1. The molecule has 1 aromatic carbocycles. The minimum absolute atomic E-state index is 0.366. The van der Waals surface area contributed by atoms with Crippen LogP contribution in [0.25, 0.3) is 0 Å². The van der Waals surface area contributed by atoms with Crippen molar-refractivity contribution in [1.29, 1.82) is 0 Å². The van der Waals surface area contributed by atoms with Crippen LogP contribution in [-0.2, 0) is 9.59 Å². The molecule has 1 amide bonds. The third-order valence-corrected chi connectivity index (χ3v) is 2.51. The minimum atomic E-state index is -1.12. The van der Waals surface area contributed by atoms with Crippen molar-refractivity contribution in [3.8, 4) is 0 Å². The highest BCUT2D eigenvalue weighted by Crippen LogP contribution is 2.22. The molecular weight excluding hydrogens is 218 g/mol. The average molecular weight is 235 g/mol. The number of amides is 1. The number of carboxylic acid groups (broad SMARTS) is 1. The molecule has 0 aliphatic carbocycles. The van der Waals surface area contributed by atoms with Gasteiger partial charge in [0.25, 0.3) is 0 Å². The minimum Gasteiger partial charge on any atom is -0.481 e. The number of hydrogen-bond acceptors (Lipinski definition) is 2. The molecule has 0 aliphatic rings. The Morgan fingerprint density at radius 1 is 1.35 bits per heavy atom. The zero-order valence-electron chi connectivity index (χ0n) is 10.3. The molecule has 1 aromatic rings. The van der Waals surface area contributed by atoms with Gasteiger partial charge in [0.15, 0.2) is 0 Å². The molecule has 92 valence electrons. The zero-order chi connectivity index (χ0) is 13.0. The molecule has 0 unspecified atom stereocenters. The third-order valence-electron chi connectivity index (χ3n) is 2.51. The van der Waals surface area contributed by atoms with Crippen LogP contribution in [0.1, 0.15) is 37.3 Å². The molecule has 0 heterocycles. The summed E-state index contributed by atoms with van der Waals surface area (Å²) in [6, 6.07) is 5.82. The average Bonchev–Trinajstić information content (AvgIpc) is 2.19. The fourth-order valence-electron chi connectivity index (χ4n) is 1.47. The summed E-state index contributed by atoms with van der Waals surface area (Å²) in [5.74, 6) is -1.26. The maximum Gasteiger partial charge on any atom is 0.312 e. The van der Waals surface area contributed by atoms with E-state index < -0.39 is 18.3 Å². The molecule has 0 radical (unpaired) electrons. The van der Waals surface area contributed by atoms with Crippen LogP contribution in [0.4, 0.5) is 5.69 Å². The molecule has 0 atom stereocenters. The summed E-state index contributed by atoms with van der Waals surface area (Å²) >= 11 is 0. The molecule has 17 heavy (non-hydrogen) atoms. The van der Waals surface area contributed by atoms with E-state index in [1.165, 1.54) is 0 Å². The Balaban J connectivity index is 2.86. The van der Waals surface area contributed by atoms with Gasteiger partial charge in [0.1, 0.15) is 6.42 Å². The molecule has 0 aromatic heterocycles. The van der Waals surface area contributed by atoms with Crippen LogP contribution < -0.4 is 5.32 Å². The maximum atomic E-state index is 11.4. The van der Waals surface area contributed by atoms with E-state index in [-0.39, 0.29) is 0 Å². The van der Waals surface area contributed by atoms with Crippen LogP contribution in [0.2, 0.25) is 0 Å². The van der Waals surface area contributed by atoms with Gasteiger partial charge in [0, 0.05) is 5.69 Å². The van der Waals surface area contributed by atoms with Gasteiger partial charge in [-0.2, -0.15) is 0 Å². The lowest BCUT2D eigenvalue weighted by Gasteiger charge is -2.12. The van der Waals surface area contributed by atoms with Crippen LogP contribution in [-0.4, -0.2) is 17.0 Å². The first-order valence-electron chi connectivity index (χ1n) is 5.52. The Kier molecular flexibility index (Phi) is 4.26. The topological polar surface area (TPSA) is 66.4 Å². The molecule has 4 heteroatoms. The van der Waals surface area contributed by atoms with Crippen molar-refractivity contribution in [3.05, 3.63) is 29.3 Å². The molecule has 0 fully saturated rings. The number of anilines is 1. The summed E-state index contributed by atoms with van der Waals surface area (Å²) in [5.41, 5.74) is 2.72. The van der Waals surface area contributed by atoms with E-state index in [9.17, 15) is 9.59 Å². The lowest BCUT2D eigenvalue weighted by Crippen LogP contribution is -2.16. The van der Waals surface area contributed by atoms with Crippen molar-refractivity contribution >= 4 is 17.6 Å². The molecule has 0 spiro atoms. The van der Waals surface area contributed by atoms with Gasteiger partial charge < -0.3 is 10.4 Å². The van der Waals surface area contributed by atoms with Crippen LogP contribution in [0.15, 0.2) is 18.2 Å². The van der Waals surface area contributed by atoms with E-state index in [1.54, 1.807) is 0 Å². The summed E-state index contributed by atoms with van der Waals surface area (Å²) in [6.07, 6.45) is -0.509. The number of carbonyl (C=O) groups excluding carboxylic acids is 1. The second-order valence-corrected chi connectivity index (χ2v) is 4.35. The summed E-state index contributed by atoms with van der Waals surface area (Å²) in [6.45, 7) is 6.00. The Labute approximate surface area is 101 Å². The van der Waals surface area contributed by atoms with Gasteiger partial charge in [-0.3, -0.25) is 9.59 Å². The van der Waals surface area contributed by atoms with Crippen molar-refractivity contribution in [2.24, 2.45) is 0 Å². The monoisotopic (exact) mass is 235 g/mol. The van der Waals surface area contributed by atoms with Crippen LogP contribution in [0, 0.1) is 6.92 Å². The second kappa shape index (κ2) is 5.48. The van der Waals surface area contributed by atoms with E-state index in [0.29, 0.717) is 11.6 Å². The smallest absolute Gasteiger partial charge is 0.312 e. The van der Waals surface area contributed by atoms with Gasteiger partial charge in [-0.1, -0.05) is 26.0 Å². The Morgan fingerprint density at radius 3 is 2.53 bits per heavy atom. The van der Waals surface area contributed by atoms with E-state index >= 15 is 0 Å². The van der Waals surface area contributed by atoms with Crippen molar-refractivity contribution in [1.82, 2.24) is 0 Å². The van der Waals surface area contributed by atoms with Gasteiger partial charge in [-0.15, -0.1) is 0 Å². The Hall–Kier alpha value is -1.84. The van der Waals surface area contributed by atoms with E-state index in [0.717, 1.165) is 11.1 Å². The van der Waals surface area contributed by atoms with Crippen molar-refractivity contribution in [2.45, 2.75) is 33.1 Å². The van der Waals surface area contributed by atoms with E-state index in [4.69, 9.17) is 5.11 Å². The number of carbonyl (C=O) groups is 2. The van der Waals surface area contributed by atoms with Crippen LogP contribution in [0.5, 0.6) is 0 Å². The van der Waals surface area contributed by atoms with Gasteiger partial charge in [0.2, 0.25) is 5.91 Å². The van der Waals surface area contributed by atoms with E-state index in [1.807, 2.05) is 25.1 Å². The van der Waals surface area contributed by atoms with Crippen LogP contribution in [0.3, 0.4) is 0 Å². The Morgan fingerprint density at radius 2 is 2.00 bits per heavy atom. The predicted octanol–water partition coefficient (Wildman–Crippen LogP) is 2.53. The number of aliphatic carboxylic acids is 1. The molecule has 4 nitrogen and oxygen atoms in total. The first-order chi connectivity index (χ1) is 7.90.